The van der Waals surface area contributed by atoms with E-state index < -0.39 is 43.0 Å². The molecule has 0 spiro atoms. The molecule has 0 heterocycles. The van der Waals surface area contributed by atoms with Gasteiger partial charge in [0.05, 0.1) is 12.6 Å². The summed E-state index contributed by atoms with van der Waals surface area (Å²) in [4.78, 5) is 38.7. The summed E-state index contributed by atoms with van der Waals surface area (Å²) < 4.78 is 15.9. The van der Waals surface area contributed by atoms with Crippen LogP contribution in [0.3, 0.4) is 0 Å². The molecule has 1 aliphatic carbocycles. The number of esters is 1. The molecule has 3 rings (SSSR count). The fraction of sp³-hybridized carbons (Fsp3) is 0.393. The van der Waals surface area contributed by atoms with Crippen molar-refractivity contribution in [2.75, 3.05) is 32.9 Å². The van der Waals surface area contributed by atoms with Crippen molar-refractivity contribution >= 4 is 18.2 Å². The fourth-order valence-corrected chi connectivity index (χ4v) is 4.13. The quantitative estimate of drug-likeness (QED) is 0.283. The van der Waals surface area contributed by atoms with Gasteiger partial charge in [0.1, 0.15) is 25.4 Å². The van der Waals surface area contributed by atoms with Crippen molar-refractivity contribution in [3.63, 3.8) is 0 Å². The standard InChI is InChI=1S/C28H34N2O7/c1-5-14-35-25(32)16-30(15-19(17-31)29-26(33)37-28(2,3)4)27(34)36-18-24-22-12-8-6-10-20(22)21-11-7-9-13-23(21)24/h5-13,19,24,31H,1,14-18H2,2-4H3,(H,29,33)/t19-/m0/s1. The van der Waals surface area contributed by atoms with Gasteiger partial charge in [-0.15, -0.1) is 0 Å². The van der Waals surface area contributed by atoms with Gasteiger partial charge in [0.25, 0.3) is 0 Å². The molecule has 0 aliphatic heterocycles. The molecule has 1 aliphatic rings. The van der Waals surface area contributed by atoms with Gasteiger partial charge in [-0.05, 0) is 43.0 Å². The molecule has 0 saturated carbocycles. The van der Waals surface area contributed by atoms with Gasteiger partial charge in [0, 0.05) is 12.5 Å². The van der Waals surface area contributed by atoms with E-state index in [1.165, 1.54) is 6.08 Å². The number of aliphatic hydroxyl groups excluding tert-OH is 1. The summed E-state index contributed by atoms with van der Waals surface area (Å²) in [5.41, 5.74) is 3.53. The molecule has 2 amide bonds. The number of ether oxygens (including phenoxy) is 3. The lowest BCUT2D eigenvalue weighted by Gasteiger charge is -2.28. The Morgan fingerprint density at radius 3 is 2.19 bits per heavy atom. The van der Waals surface area contributed by atoms with E-state index in [1.54, 1.807) is 20.8 Å². The topological polar surface area (TPSA) is 114 Å². The maximum absolute atomic E-state index is 13.1. The highest BCUT2D eigenvalue weighted by molar-refractivity contribution is 5.80. The van der Waals surface area contributed by atoms with Crippen LogP contribution in [0.25, 0.3) is 11.1 Å². The first-order chi connectivity index (χ1) is 17.6. The van der Waals surface area contributed by atoms with E-state index >= 15 is 0 Å². The molecule has 0 bridgehead atoms. The first kappa shape index (κ1) is 27.7. The molecule has 9 nitrogen and oxygen atoms in total. The van der Waals surface area contributed by atoms with Gasteiger partial charge in [-0.25, -0.2) is 9.59 Å². The molecule has 0 saturated heterocycles. The van der Waals surface area contributed by atoms with Crippen molar-refractivity contribution < 1.29 is 33.7 Å². The Bertz CT molecular complexity index is 1080. The summed E-state index contributed by atoms with van der Waals surface area (Å²) in [6.45, 7) is 7.54. The zero-order valence-electron chi connectivity index (χ0n) is 21.4. The van der Waals surface area contributed by atoms with Crippen LogP contribution in [0.5, 0.6) is 0 Å². The van der Waals surface area contributed by atoms with Crippen molar-refractivity contribution in [1.82, 2.24) is 10.2 Å². The summed E-state index contributed by atoms with van der Waals surface area (Å²) in [5.74, 6) is -0.846. The van der Waals surface area contributed by atoms with Crippen molar-refractivity contribution in [2.45, 2.75) is 38.3 Å². The van der Waals surface area contributed by atoms with Crippen LogP contribution in [-0.4, -0.2) is 72.7 Å². The second-order valence-electron chi connectivity index (χ2n) is 9.68. The molecular weight excluding hydrogens is 476 g/mol. The monoisotopic (exact) mass is 510 g/mol. The van der Waals surface area contributed by atoms with Crippen LogP contribution in [-0.2, 0) is 19.0 Å². The highest BCUT2D eigenvalue weighted by Crippen LogP contribution is 2.44. The van der Waals surface area contributed by atoms with Crippen LogP contribution in [0.15, 0.2) is 61.2 Å². The number of nitrogens with zero attached hydrogens (tertiary/aromatic N) is 1. The van der Waals surface area contributed by atoms with Gasteiger partial charge in [-0.3, -0.25) is 9.69 Å². The Hall–Kier alpha value is -3.85. The number of carbonyl (C=O) groups excluding carboxylic acids is 3. The van der Waals surface area contributed by atoms with E-state index in [0.717, 1.165) is 27.2 Å². The number of rotatable bonds is 10. The smallest absolute Gasteiger partial charge is 0.410 e. The normalized spacial score (nSPS) is 13.1. The number of aliphatic hydroxyl groups is 1. The number of hydrogen-bond donors (Lipinski definition) is 2. The Kier molecular flexibility index (Phi) is 9.30. The van der Waals surface area contributed by atoms with E-state index in [2.05, 4.69) is 11.9 Å². The highest BCUT2D eigenvalue weighted by Gasteiger charge is 2.31. The molecule has 9 heteroatoms. The van der Waals surface area contributed by atoms with Crippen molar-refractivity contribution in [1.29, 1.82) is 0 Å². The van der Waals surface area contributed by atoms with Crippen LogP contribution in [0.4, 0.5) is 9.59 Å². The van der Waals surface area contributed by atoms with Gasteiger partial charge in [-0.1, -0.05) is 61.2 Å². The Labute approximate surface area is 217 Å². The first-order valence-corrected chi connectivity index (χ1v) is 12.1. The molecule has 2 N–H and O–H groups in total. The maximum atomic E-state index is 13.1. The van der Waals surface area contributed by atoms with Crippen molar-refractivity contribution in [3.05, 3.63) is 72.3 Å². The van der Waals surface area contributed by atoms with E-state index in [-0.39, 0.29) is 25.7 Å². The Morgan fingerprint density at radius 1 is 1.05 bits per heavy atom. The Morgan fingerprint density at radius 2 is 1.65 bits per heavy atom. The average Bonchev–Trinajstić information content (AvgIpc) is 3.17. The molecule has 0 radical (unpaired) electrons. The first-order valence-electron chi connectivity index (χ1n) is 12.1. The number of carbonyl (C=O) groups is 3. The summed E-state index contributed by atoms with van der Waals surface area (Å²) in [6.07, 6.45) is -0.119. The average molecular weight is 511 g/mol. The summed E-state index contributed by atoms with van der Waals surface area (Å²) >= 11 is 0. The minimum absolute atomic E-state index is 0.0169. The molecule has 0 unspecified atom stereocenters. The molecule has 37 heavy (non-hydrogen) atoms. The van der Waals surface area contributed by atoms with Gasteiger partial charge in [0.2, 0.25) is 0 Å². The summed E-state index contributed by atoms with van der Waals surface area (Å²) in [6, 6.07) is 15.0. The third-order valence-electron chi connectivity index (χ3n) is 5.66. The lowest BCUT2D eigenvalue weighted by molar-refractivity contribution is -0.143. The summed E-state index contributed by atoms with van der Waals surface area (Å²) in [5, 5.41) is 12.3. The number of alkyl carbamates (subject to hydrolysis) is 1. The molecule has 0 aromatic heterocycles. The predicted octanol–water partition coefficient (Wildman–Crippen LogP) is 3.85. The maximum Gasteiger partial charge on any atom is 0.410 e. The van der Waals surface area contributed by atoms with Crippen LogP contribution >= 0.6 is 0 Å². The predicted molar refractivity (Wildman–Crippen MR) is 138 cm³/mol. The lowest BCUT2D eigenvalue weighted by Crippen LogP contribution is -2.50. The third kappa shape index (κ3) is 7.57. The van der Waals surface area contributed by atoms with E-state index in [0.29, 0.717) is 0 Å². The van der Waals surface area contributed by atoms with Crippen molar-refractivity contribution in [3.8, 4) is 11.1 Å². The lowest BCUT2D eigenvalue weighted by atomic mass is 9.98. The highest BCUT2D eigenvalue weighted by atomic mass is 16.6. The molecule has 2 aromatic rings. The molecule has 2 aromatic carbocycles. The zero-order chi connectivity index (χ0) is 27.0. The van der Waals surface area contributed by atoms with Crippen LogP contribution in [0.1, 0.15) is 37.8 Å². The molecule has 198 valence electrons. The zero-order valence-corrected chi connectivity index (χ0v) is 21.4. The minimum atomic E-state index is -0.900. The largest absolute Gasteiger partial charge is 0.460 e. The van der Waals surface area contributed by atoms with Gasteiger partial charge in [0.15, 0.2) is 0 Å². The van der Waals surface area contributed by atoms with E-state index in [1.807, 2.05) is 48.5 Å². The number of amides is 2. The molecular formula is C28H34N2O7. The Balaban J connectivity index is 1.72. The second-order valence-corrected chi connectivity index (χ2v) is 9.68. The van der Waals surface area contributed by atoms with Gasteiger partial charge < -0.3 is 24.6 Å². The fourth-order valence-electron chi connectivity index (χ4n) is 4.13. The summed E-state index contributed by atoms with van der Waals surface area (Å²) in [7, 11) is 0. The van der Waals surface area contributed by atoms with E-state index in [4.69, 9.17) is 14.2 Å². The molecule has 0 fully saturated rings. The minimum Gasteiger partial charge on any atom is -0.460 e. The number of nitrogens with one attached hydrogen (secondary N) is 1. The number of benzene rings is 2. The molecule has 1 atom stereocenters. The van der Waals surface area contributed by atoms with Gasteiger partial charge >= 0.3 is 18.2 Å². The SMILES string of the molecule is C=CCOC(=O)CN(C[C@@H](CO)NC(=O)OC(C)(C)C)C(=O)OCC1c2ccccc2-c2ccccc21. The third-order valence-corrected chi connectivity index (χ3v) is 5.66. The van der Waals surface area contributed by atoms with Crippen LogP contribution < -0.4 is 5.32 Å². The van der Waals surface area contributed by atoms with E-state index in [9.17, 15) is 19.5 Å². The van der Waals surface area contributed by atoms with Crippen molar-refractivity contribution in [2.24, 2.45) is 0 Å². The van der Waals surface area contributed by atoms with Crippen LogP contribution in [0, 0.1) is 0 Å². The number of fused-ring (bicyclic) bond motifs is 3. The van der Waals surface area contributed by atoms with Gasteiger partial charge in [-0.2, -0.15) is 0 Å². The van der Waals surface area contributed by atoms with Crippen LogP contribution in [0.2, 0.25) is 0 Å². The number of hydrogen-bond acceptors (Lipinski definition) is 7. The second kappa shape index (κ2) is 12.4.